The number of nitrogens with one attached hydrogen (secondary N) is 1. The first-order valence-electron chi connectivity index (χ1n) is 6.19. The van der Waals surface area contributed by atoms with Crippen LogP contribution in [0.2, 0.25) is 0 Å². The van der Waals surface area contributed by atoms with Gasteiger partial charge in [0, 0.05) is 18.1 Å². The van der Waals surface area contributed by atoms with E-state index in [4.69, 9.17) is 0 Å². The van der Waals surface area contributed by atoms with Crippen LogP contribution >= 0.6 is 0 Å². The van der Waals surface area contributed by atoms with Crippen molar-refractivity contribution in [2.24, 2.45) is 5.41 Å². The molecule has 0 radical (unpaired) electrons. The smallest absolute Gasteiger partial charge is 0.0165 e. The minimum atomic E-state index is 0.322. The van der Waals surface area contributed by atoms with Gasteiger partial charge in [0.25, 0.3) is 0 Å². The number of hydrogen-bond donors (Lipinski definition) is 1. The largest absolute Gasteiger partial charge is 0.311 e. The van der Waals surface area contributed by atoms with Crippen molar-refractivity contribution in [1.82, 2.24) is 10.2 Å². The minimum absolute atomic E-state index is 0.322. The highest BCUT2D eigenvalue weighted by Gasteiger charge is 2.36. The molecule has 1 saturated heterocycles. The maximum Gasteiger partial charge on any atom is 0.0165 e. The van der Waals surface area contributed by atoms with Crippen LogP contribution in [0.3, 0.4) is 0 Å². The fourth-order valence-corrected chi connectivity index (χ4v) is 2.46. The molecule has 15 heavy (non-hydrogen) atoms. The summed E-state index contributed by atoms with van der Waals surface area (Å²) < 4.78 is 0. The molecule has 0 aromatic heterocycles. The van der Waals surface area contributed by atoms with Crippen molar-refractivity contribution in [2.45, 2.75) is 58.5 Å². The molecule has 1 fully saturated rings. The number of rotatable bonds is 2. The maximum absolute atomic E-state index is 3.76. The van der Waals surface area contributed by atoms with Crippen LogP contribution < -0.4 is 5.32 Å². The van der Waals surface area contributed by atoms with E-state index < -0.39 is 0 Å². The van der Waals surface area contributed by atoms with Gasteiger partial charge in [-0.3, -0.25) is 0 Å². The van der Waals surface area contributed by atoms with E-state index in [-0.39, 0.29) is 0 Å². The standard InChI is InChI=1S/C13H28N2/c1-7-13(4)9-11(15(5)6)8-12(2,3)10-14-13/h11,14H,7-10H2,1-6H3. The molecule has 0 aliphatic carbocycles. The van der Waals surface area contributed by atoms with Crippen LogP contribution in [0.15, 0.2) is 0 Å². The van der Waals surface area contributed by atoms with Gasteiger partial charge >= 0.3 is 0 Å². The molecule has 1 rings (SSSR count). The SMILES string of the molecule is CCC1(C)CC(N(C)C)CC(C)(C)CN1. The van der Waals surface area contributed by atoms with Crippen LogP contribution in [0.5, 0.6) is 0 Å². The van der Waals surface area contributed by atoms with E-state index >= 15 is 0 Å². The number of nitrogens with zero attached hydrogens (tertiary/aromatic N) is 1. The minimum Gasteiger partial charge on any atom is -0.311 e. The van der Waals surface area contributed by atoms with Crippen molar-refractivity contribution >= 4 is 0 Å². The number of hydrogen-bond acceptors (Lipinski definition) is 2. The topological polar surface area (TPSA) is 15.3 Å². The second kappa shape index (κ2) is 4.42. The lowest BCUT2D eigenvalue weighted by Gasteiger charge is -2.33. The molecule has 0 aromatic carbocycles. The van der Waals surface area contributed by atoms with Crippen molar-refractivity contribution in [3.05, 3.63) is 0 Å². The predicted molar refractivity (Wildman–Crippen MR) is 67.2 cm³/mol. The Morgan fingerprint density at radius 3 is 2.27 bits per heavy atom. The fraction of sp³-hybridized carbons (Fsp3) is 1.00. The molecule has 1 aliphatic rings. The van der Waals surface area contributed by atoms with Crippen molar-refractivity contribution in [3.63, 3.8) is 0 Å². The summed E-state index contributed by atoms with van der Waals surface area (Å²) in [4.78, 5) is 2.39. The zero-order valence-electron chi connectivity index (χ0n) is 11.4. The molecule has 0 bridgehead atoms. The van der Waals surface area contributed by atoms with Gasteiger partial charge in [0.05, 0.1) is 0 Å². The molecule has 2 heteroatoms. The monoisotopic (exact) mass is 212 g/mol. The molecule has 2 nitrogen and oxygen atoms in total. The molecule has 0 aromatic rings. The fourth-order valence-electron chi connectivity index (χ4n) is 2.46. The van der Waals surface area contributed by atoms with Crippen LogP contribution in [0.1, 0.15) is 47.0 Å². The second-order valence-corrected chi connectivity index (χ2v) is 6.46. The molecule has 1 heterocycles. The van der Waals surface area contributed by atoms with E-state index in [1.165, 1.54) is 19.3 Å². The maximum atomic E-state index is 3.76. The summed E-state index contributed by atoms with van der Waals surface area (Å²) in [6.07, 6.45) is 3.77. The highest BCUT2D eigenvalue weighted by atomic mass is 15.1. The molecule has 2 atom stereocenters. The van der Waals surface area contributed by atoms with E-state index in [9.17, 15) is 0 Å². The normalized spacial score (nSPS) is 36.6. The Morgan fingerprint density at radius 2 is 1.80 bits per heavy atom. The quantitative estimate of drug-likeness (QED) is 0.756. The van der Waals surface area contributed by atoms with Gasteiger partial charge in [-0.15, -0.1) is 0 Å². The van der Waals surface area contributed by atoms with E-state index in [0.717, 1.165) is 6.54 Å². The van der Waals surface area contributed by atoms with Crippen LogP contribution in [0.25, 0.3) is 0 Å². The summed E-state index contributed by atoms with van der Waals surface area (Å²) in [5, 5.41) is 3.76. The average Bonchev–Trinajstić information content (AvgIpc) is 2.25. The lowest BCUT2D eigenvalue weighted by molar-refractivity contribution is 0.194. The molecule has 90 valence electrons. The zero-order valence-corrected chi connectivity index (χ0v) is 11.4. The first-order valence-corrected chi connectivity index (χ1v) is 6.19. The van der Waals surface area contributed by atoms with Gasteiger partial charge in [0.15, 0.2) is 0 Å². The van der Waals surface area contributed by atoms with Crippen LogP contribution in [-0.2, 0) is 0 Å². The average molecular weight is 212 g/mol. The van der Waals surface area contributed by atoms with Crippen molar-refractivity contribution < 1.29 is 0 Å². The molecular formula is C13H28N2. The predicted octanol–water partition coefficient (Wildman–Crippen LogP) is 2.49. The molecule has 1 aliphatic heterocycles. The lowest BCUT2D eigenvalue weighted by Crippen LogP contribution is -2.45. The van der Waals surface area contributed by atoms with Gasteiger partial charge in [-0.05, 0) is 45.7 Å². The highest BCUT2D eigenvalue weighted by molar-refractivity contribution is 4.94. The molecule has 0 amide bonds. The Labute approximate surface area is 95.4 Å². The highest BCUT2D eigenvalue weighted by Crippen LogP contribution is 2.33. The summed E-state index contributed by atoms with van der Waals surface area (Å²) in [6.45, 7) is 10.5. The van der Waals surface area contributed by atoms with Crippen LogP contribution in [0, 0.1) is 5.41 Å². The summed E-state index contributed by atoms with van der Waals surface area (Å²) in [5.41, 5.74) is 0.741. The van der Waals surface area contributed by atoms with E-state index in [1.807, 2.05) is 0 Å². The third kappa shape index (κ3) is 3.46. The van der Waals surface area contributed by atoms with Gasteiger partial charge < -0.3 is 10.2 Å². The molecule has 0 spiro atoms. The summed E-state index contributed by atoms with van der Waals surface area (Å²) >= 11 is 0. The Kier molecular flexibility index (Phi) is 3.83. The van der Waals surface area contributed by atoms with E-state index in [1.54, 1.807) is 0 Å². The first kappa shape index (κ1) is 13.0. The molecule has 0 saturated carbocycles. The first-order chi connectivity index (χ1) is 6.78. The second-order valence-electron chi connectivity index (χ2n) is 6.46. The third-order valence-corrected chi connectivity index (χ3v) is 3.98. The summed E-state index contributed by atoms with van der Waals surface area (Å²) in [6, 6.07) is 0.708. The summed E-state index contributed by atoms with van der Waals surface area (Å²) in [5.74, 6) is 0. The lowest BCUT2D eigenvalue weighted by atomic mass is 9.84. The van der Waals surface area contributed by atoms with Gasteiger partial charge in [-0.25, -0.2) is 0 Å². The Bertz CT molecular complexity index is 211. The van der Waals surface area contributed by atoms with Crippen molar-refractivity contribution in [3.8, 4) is 0 Å². The van der Waals surface area contributed by atoms with E-state index in [2.05, 4.69) is 52.0 Å². The van der Waals surface area contributed by atoms with Crippen LogP contribution in [0.4, 0.5) is 0 Å². The van der Waals surface area contributed by atoms with Gasteiger partial charge in [0.1, 0.15) is 0 Å². The van der Waals surface area contributed by atoms with Gasteiger partial charge in [-0.2, -0.15) is 0 Å². The zero-order chi connectivity index (χ0) is 11.7. The van der Waals surface area contributed by atoms with Gasteiger partial charge in [0.2, 0.25) is 0 Å². The molecule has 1 N–H and O–H groups in total. The third-order valence-electron chi connectivity index (χ3n) is 3.98. The van der Waals surface area contributed by atoms with Crippen molar-refractivity contribution in [1.29, 1.82) is 0 Å². The van der Waals surface area contributed by atoms with E-state index in [0.29, 0.717) is 17.0 Å². The van der Waals surface area contributed by atoms with Crippen molar-refractivity contribution in [2.75, 3.05) is 20.6 Å². The Hall–Kier alpha value is -0.0800. The van der Waals surface area contributed by atoms with Gasteiger partial charge in [-0.1, -0.05) is 20.8 Å². The van der Waals surface area contributed by atoms with Crippen LogP contribution in [-0.4, -0.2) is 37.1 Å². The summed E-state index contributed by atoms with van der Waals surface area (Å²) in [7, 11) is 4.42. The Balaban J connectivity index is 2.80. The Morgan fingerprint density at radius 1 is 1.20 bits per heavy atom. The molecular weight excluding hydrogens is 184 g/mol. The molecule has 2 unspecified atom stereocenters.